The number of nitrogens with one attached hydrogen (secondary N) is 1. The summed E-state index contributed by atoms with van der Waals surface area (Å²) in [5.41, 5.74) is 2.93. The number of benzene rings is 2. The number of rotatable bonds is 8. The smallest absolute Gasteiger partial charge is 0.418 e. The summed E-state index contributed by atoms with van der Waals surface area (Å²) in [5, 5.41) is 4.22. The van der Waals surface area contributed by atoms with Gasteiger partial charge in [0, 0.05) is 30.4 Å². The summed E-state index contributed by atoms with van der Waals surface area (Å²) in [6.45, 7) is 4.38. The summed E-state index contributed by atoms with van der Waals surface area (Å²) in [6, 6.07) is 17.7. The fourth-order valence-electron chi connectivity index (χ4n) is 5.31. The van der Waals surface area contributed by atoms with Gasteiger partial charge < -0.3 is 24.3 Å². The molecular formula is C30H28ClF3N4O2S. The number of ether oxygens (including phenoxy) is 2. The van der Waals surface area contributed by atoms with Crippen molar-refractivity contribution in [2.45, 2.75) is 32.1 Å². The number of nitrogens with zero attached hydrogens (tertiary/aromatic N) is 3. The van der Waals surface area contributed by atoms with Gasteiger partial charge in [0.2, 0.25) is 0 Å². The Morgan fingerprint density at radius 1 is 1.02 bits per heavy atom. The maximum Gasteiger partial charge on any atom is 0.418 e. The fourth-order valence-corrected chi connectivity index (χ4v) is 5.88. The first-order valence-corrected chi connectivity index (χ1v) is 13.7. The van der Waals surface area contributed by atoms with Crippen molar-refractivity contribution < 1.29 is 22.6 Å². The summed E-state index contributed by atoms with van der Waals surface area (Å²) in [4.78, 5) is 6.51. The van der Waals surface area contributed by atoms with E-state index < -0.39 is 17.8 Å². The van der Waals surface area contributed by atoms with Crippen molar-refractivity contribution >= 4 is 34.6 Å². The van der Waals surface area contributed by atoms with Crippen LogP contribution in [0.15, 0.2) is 72.9 Å². The largest absolute Gasteiger partial charge is 0.490 e. The zero-order chi connectivity index (χ0) is 29.3. The van der Waals surface area contributed by atoms with Crippen molar-refractivity contribution in [2.24, 2.45) is 0 Å². The highest BCUT2D eigenvalue weighted by Gasteiger charge is 2.43. The number of anilines is 1. The van der Waals surface area contributed by atoms with E-state index in [1.54, 1.807) is 43.0 Å². The standard InChI is InChI=1S/C30H28ClF3N4O2S/c1-18-16-21(19(2)37(18)25-10-5-4-8-22(25)30(32,33)34)28-27(24-9-6-7-13-35-24)36-29(41)38(28)20-11-12-26(23(31)17-20)40-15-14-39-3/h4-13,16-17,27-28H,14-15H2,1-3H3,(H,36,41). The van der Waals surface area contributed by atoms with Gasteiger partial charge in [0.25, 0.3) is 0 Å². The number of aryl methyl sites for hydroxylation is 1. The van der Waals surface area contributed by atoms with E-state index in [9.17, 15) is 13.2 Å². The highest BCUT2D eigenvalue weighted by atomic mass is 35.5. The molecule has 6 nitrogen and oxygen atoms in total. The monoisotopic (exact) mass is 600 g/mol. The van der Waals surface area contributed by atoms with Gasteiger partial charge in [0.05, 0.1) is 40.7 Å². The Labute approximate surface area is 246 Å². The number of aromatic nitrogens is 2. The van der Waals surface area contributed by atoms with Crippen LogP contribution in [0.2, 0.25) is 5.02 Å². The van der Waals surface area contributed by atoms with Crippen LogP contribution in [0.25, 0.3) is 5.69 Å². The van der Waals surface area contributed by atoms with E-state index in [4.69, 9.17) is 33.3 Å². The molecule has 0 aliphatic carbocycles. The minimum absolute atomic E-state index is 0.0660. The van der Waals surface area contributed by atoms with Crippen molar-refractivity contribution in [3.05, 3.63) is 106 Å². The Morgan fingerprint density at radius 3 is 2.46 bits per heavy atom. The molecule has 2 aromatic carbocycles. The summed E-state index contributed by atoms with van der Waals surface area (Å²) < 4.78 is 54.4. The summed E-state index contributed by atoms with van der Waals surface area (Å²) in [5.74, 6) is 0.505. The number of para-hydroxylation sites is 1. The van der Waals surface area contributed by atoms with Gasteiger partial charge in [-0.05, 0) is 80.2 Å². The molecule has 1 fully saturated rings. The number of methoxy groups -OCH3 is 1. The molecule has 5 rings (SSSR count). The van der Waals surface area contributed by atoms with E-state index >= 15 is 0 Å². The predicted octanol–water partition coefficient (Wildman–Crippen LogP) is 7.36. The molecule has 2 unspecified atom stereocenters. The van der Waals surface area contributed by atoms with Crippen molar-refractivity contribution in [2.75, 3.05) is 25.2 Å². The molecule has 11 heteroatoms. The second kappa shape index (κ2) is 11.7. The fraction of sp³-hybridized carbons (Fsp3) is 0.267. The average Bonchev–Trinajstić information content (AvgIpc) is 3.44. The van der Waals surface area contributed by atoms with E-state index in [0.29, 0.717) is 46.2 Å². The summed E-state index contributed by atoms with van der Waals surface area (Å²) in [7, 11) is 1.59. The zero-order valence-electron chi connectivity index (χ0n) is 22.6. The highest BCUT2D eigenvalue weighted by Crippen LogP contribution is 2.45. The van der Waals surface area contributed by atoms with Crippen LogP contribution < -0.4 is 15.0 Å². The molecule has 0 radical (unpaired) electrons. The van der Waals surface area contributed by atoms with Crippen LogP contribution in [0.4, 0.5) is 18.9 Å². The molecule has 4 aromatic rings. The Balaban J connectivity index is 1.64. The number of hydrogen-bond donors (Lipinski definition) is 1. The van der Waals surface area contributed by atoms with Gasteiger partial charge in [-0.25, -0.2) is 0 Å². The number of hydrogen-bond acceptors (Lipinski definition) is 4. The number of alkyl halides is 3. The Bertz CT molecular complexity index is 1560. The van der Waals surface area contributed by atoms with E-state index in [0.717, 1.165) is 17.3 Å². The molecule has 0 amide bonds. The van der Waals surface area contributed by atoms with Gasteiger partial charge in [-0.15, -0.1) is 0 Å². The first-order chi connectivity index (χ1) is 19.6. The third-order valence-corrected chi connectivity index (χ3v) is 7.69. The molecule has 1 aliphatic heterocycles. The Kier molecular flexibility index (Phi) is 8.26. The molecule has 0 saturated carbocycles. The molecule has 0 spiro atoms. The minimum atomic E-state index is -4.51. The molecular weight excluding hydrogens is 573 g/mol. The molecule has 3 heterocycles. The Morgan fingerprint density at radius 2 is 1.78 bits per heavy atom. The first kappa shape index (κ1) is 28.9. The van der Waals surface area contributed by atoms with Crippen LogP contribution >= 0.6 is 23.8 Å². The quantitative estimate of drug-likeness (QED) is 0.168. The van der Waals surface area contributed by atoms with Gasteiger partial charge in [-0.1, -0.05) is 29.8 Å². The summed E-state index contributed by atoms with van der Waals surface area (Å²) >= 11 is 12.4. The molecule has 214 valence electrons. The molecule has 1 saturated heterocycles. The van der Waals surface area contributed by atoms with Gasteiger partial charge >= 0.3 is 6.18 Å². The summed E-state index contributed by atoms with van der Waals surface area (Å²) in [6.07, 6.45) is -2.81. The maximum atomic E-state index is 14.0. The maximum absolute atomic E-state index is 14.0. The lowest BCUT2D eigenvalue weighted by molar-refractivity contribution is -0.137. The third kappa shape index (κ3) is 5.64. The number of halogens is 4. The average molecular weight is 601 g/mol. The lowest BCUT2D eigenvalue weighted by Gasteiger charge is -2.28. The molecule has 41 heavy (non-hydrogen) atoms. The van der Waals surface area contributed by atoms with Crippen molar-refractivity contribution in [1.29, 1.82) is 0 Å². The second-order valence-electron chi connectivity index (χ2n) is 9.63. The number of pyridine rings is 1. The van der Waals surface area contributed by atoms with Crippen molar-refractivity contribution in [3.63, 3.8) is 0 Å². The van der Waals surface area contributed by atoms with E-state index in [1.807, 2.05) is 42.2 Å². The van der Waals surface area contributed by atoms with Crippen LogP contribution in [-0.2, 0) is 10.9 Å². The zero-order valence-corrected chi connectivity index (χ0v) is 24.1. The van der Waals surface area contributed by atoms with Crippen LogP contribution in [0.5, 0.6) is 5.75 Å². The van der Waals surface area contributed by atoms with Crippen molar-refractivity contribution in [1.82, 2.24) is 14.9 Å². The van der Waals surface area contributed by atoms with Crippen LogP contribution in [-0.4, -0.2) is 35.0 Å². The van der Waals surface area contributed by atoms with E-state index in [1.165, 1.54) is 12.1 Å². The minimum Gasteiger partial charge on any atom is -0.490 e. The normalized spacial score (nSPS) is 17.1. The third-order valence-electron chi connectivity index (χ3n) is 7.08. The molecule has 1 aliphatic rings. The van der Waals surface area contributed by atoms with Crippen molar-refractivity contribution in [3.8, 4) is 11.4 Å². The SMILES string of the molecule is COCCOc1ccc(N2C(=S)NC(c3ccccn3)C2c2cc(C)n(-c3ccccc3C(F)(F)F)c2C)cc1Cl. The lowest BCUT2D eigenvalue weighted by Crippen LogP contribution is -2.29. The Hall–Kier alpha value is -3.60. The van der Waals surface area contributed by atoms with E-state index in [-0.39, 0.29) is 11.7 Å². The van der Waals surface area contributed by atoms with Gasteiger partial charge in [-0.3, -0.25) is 4.98 Å². The molecule has 2 aromatic heterocycles. The van der Waals surface area contributed by atoms with Crippen LogP contribution in [0.3, 0.4) is 0 Å². The van der Waals surface area contributed by atoms with Gasteiger partial charge in [0.15, 0.2) is 5.11 Å². The van der Waals surface area contributed by atoms with Crippen LogP contribution in [0, 0.1) is 13.8 Å². The van der Waals surface area contributed by atoms with Gasteiger partial charge in [0.1, 0.15) is 12.4 Å². The lowest BCUT2D eigenvalue weighted by atomic mass is 9.96. The van der Waals surface area contributed by atoms with Gasteiger partial charge in [-0.2, -0.15) is 13.2 Å². The molecule has 1 N–H and O–H groups in total. The van der Waals surface area contributed by atoms with E-state index in [2.05, 4.69) is 10.3 Å². The topological polar surface area (TPSA) is 51.6 Å². The molecule has 2 atom stereocenters. The molecule has 0 bridgehead atoms. The highest BCUT2D eigenvalue weighted by molar-refractivity contribution is 7.80. The first-order valence-electron chi connectivity index (χ1n) is 12.9. The number of thiocarbonyl (C=S) groups is 1. The predicted molar refractivity (Wildman–Crippen MR) is 157 cm³/mol. The van der Waals surface area contributed by atoms with Crippen LogP contribution in [0.1, 0.15) is 40.3 Å². The second-order valence-corrected chi connectivity index (χ2v) is 10.4.